The second-order valence-electron chi connectivity index (χ2n) is 7.97. The zero-order chi connectivity index (χ0) is 22.0. The molecule has 1 saturated heterocycles. The van der Waals surface area contributed by atoms with Crippen molar-refractivity contribution in [1.29, 1.82) is 0 Å². The van der Waals surface area contributed by atoms with Crippen LogP contribution in [0.25, 0.3) is 21.0 Å². The number of fused-ring (bicyclic) bond motifs is 3. The van der Waals surface area contributed by atoms with E-state index in [1.165, 1.54) is 4.90 Å². The van der Waals surface area contributed by atoms with Gasteiger partial charge in [0.05, 0.1) is 34.8 Å². The molecule has 4 aromatic rings. The van der Waals surface area contributed by atoms with E-state index in [0.717, 1.165) is 24.4 Å². The Hall–Kier alpha value is -3.35. The van der Waals surface area contributed by atoms with Crippen molar-refractivity contribution in [2.24, 2.45) is 0 Å². The third-order valence-corrected chi connectivity index (χ3v) is 6.73. The molecule has 1 aromatic carbocycles. The monoisotopic (exact) mass is 453 g/mol. The number of benzene rings is 1. The summed E-state index contributed by atoms with van der Waals surface area (Å²) < 4.78 is 12.2. The Morgan fingerprint density at radius 3 is 2.94 bits per heavy atom. The molecule has 0 radical (unpaired) electrons. The first-order valence-electron chi connectivity index (χ1n) is 10.3. The van der Waals surface area contributed by atoms with Gasteiger partial charge in [0.2, 0.25) is 0 Å². The van der Waals surface area contributed by atoms with Crippen molar-refractivity contribution in [1.82, 2.24) is 24.1 Å². The number of nitrogens with one attached hydrogen (secondary N) is 1. The lowest BCUT2D eigenvalue weighted by atomic mass is 10.1. The molecule has 1 amide bonds. The zero-order valence-electron chi connectivity index (χ0n) is 16.8. The van der Waals surface area contributed by atoms with Gasteiger partial charge in [-0.1, -0.05) is 0 Å². The molecule has 1 aliphatic carbocycles. The Morgan fingerprint density at radius 2 is 2.12 bits per heavy atom. The Labute approximate surface area is 184 Å². The summed E-state index contributed by atoms with van der Waals surface area (Å²) in [4.78, 5) is 34.4. The van der Waals surface area contributed by atoms with Crippen LogP contribution in [-0.2, 0) is 9.53 Å². The maximum Gasteiger partial charge on any atom is 0.260 e. The lowest BCUT2D eigenvalue weighted by Crippen LogP contribution is -2.50. The second-order valence-corrected chi connectivity index (χ2v) is 8.74. The van der Waals surface area contributed by atoms with Gasteiger partial charge in [0, 0.05) is 17.6 Å². The summed E-state index contributed by atoms with van der Waals surface area (Å²) in [5.41, 5.74) is 5.79. The number of morpholine rings is 1. The van der Waals surface area contributed by atoms with Gasteiger partial charge in [0.15, 0.2) is 11.9 Å². The highest BCUT2D eigenvalue weighted by atomic mass is 32.1. The molecule has 32 heavy (non-hydrogen) atoms. The number of aliphatic hydroxyl groups is 1. The van der Waals surface area contributed by atoms with Gasteiger partial charge in [0.25, 0.3) is 11.5 Å². The number of hydrogen-bond donors (Lipinski definition) is 3. The molecular weight excluding hydrogens is 434 g/mol. The summed E-state index contributed by atoms with van der Waals surface area (Å²) in [6, 6.07) is 5.56. The lowest BCUT2D eigenvalue weighted by Gasteiger charge is -2.32. The number of nitrogen functional groups attached to an aromatic ring is 1. The van der Waals surface area contributed by atoms with E-state index < -0.39 is 23.7 Å². The highest BCUT2D eigenvalue weighted by molar-refractivity contribution is 7.14. The summed E-state index contributed by atoms with van der Waals surface area (Å²) >= 11 is 1.11. The van der Waals surface area contributed by atoms with Gasteiger partial charge in [-0.15, -0.1) is 0 Å². The van der Waals surface area contributed by atoms with Crippen molar-refractivity contribution in [3.63, 3.8) is 0 Å². The number of aromatic amines is 1. The van der Waals surface area contributed by atoms with Crippen LogP contribution in [0.2, 0.25) is 0 Å². The molecule has 1 aliphatic heterocycles. The van der Waals surface area contributed by atoms with E-state index in [1.54, 1.807) is 18.2 Å². The third-order valence-electron chi connectivity index (χ3n) is 5.84. The quantitative estimate of drug-likeness (QED) is 0.415. The van der Waals surface area contributed by atoms with Gasteiger partial charge in [-0.25, -0.2) is 4.98 Å². The first-order chi connectivity index (χ1) is 15.5. The minimum absolute atomic E-state index is 0.0388. The number of rotatable bonds is 4. The average molecular weight is 453 g/mol. The van der Waals surface area contributed by atoms with E-state index in [-0.39, 0.29) is 12.4 Å². The third kappa shape index (κ3) is 2.98. The fraction of sp³-hybridized carbons (Fsp3) is 0.350. The van der Waals surface area contributed by atoms with Gasteiger partial charge >= 0.3 is 0 Å². The number of nitrogens with zero attached hydrogens (tertiary/aromatic N) is 5. The first kappa shape index (κ1) is 19.3. The number of carbonyl (C=O) groups is 1. The van der Waals surface area contributed by atoms with Gasteiger partial charge < -0.3 is 20.6 Å². The van der Waals surface area contributed by atoms with Gasteiger partial charge in [-0.3, -0.25) is 19.2 Å². The van der Waals surface area contributed by atoms with Crippen LogP contribution in [0.1, 0.15) is 30.8 Å². The predicted octanol–water partition coefficient (Wildman–Crippen LogP) is 1.11. The molecule has 2 fully saturated rings. The molecule has 2 aliphatic rings. The molecule has 3 aromatic heterocycles. The van der Waals surface area contributed by atoms with E-state index >= 15 is 0 Å². The van der Waals surface area contributed by atoms with Crippen LogP contribution in [0, 0.1) is 0 Å². The second kappa shape index (κ2) is 7.08. The number of aliphatic hydroxyl groups excluding tert-OH is 1. The van der Waals surface area contributed by atoms with Crippen LogP contribution in [0.5, 0.6) is 0 Å². The largest absolute Gasteiger partial charge is 0.382 e. The van der Waals surface area contributed by atoms with Crippen molar-refractivity contribution >= 4 is 50.1 Å². The van der Waals surface area contributed by atoms with E-state index in [4.69, 9.17) is 10.5 Å². The molecule has 0 spiro atoms. The number of anilines is 2. The number of amides is 1. The standard InChI is InChI=1S/C20H19N7O4S/c21-17-10-3-4-11-13(16(10)32-25-17)19(29)23-18(22-11)14(28)15-20(30)26(7-8-31-15)12-5-6-27(24-12)9-1-2-9/h3-6,9,14-15,28H,1-2,7-8H2,(H2,21,25)(H,22,23,29)/t14-,15-/m1/s1. The van der Waals surface area contributed by atoms with Crippen LogP contribution >= 0.6 is 11.5 Å². The smallest absolute Gasteiger partial charge is 0.260 e. The highest BCUT2D eigenvalue weighted by Crippen LogP contribution is 2.35. The number of H-pyrrole nitrogens is 1. The van der Waals surface area contributed by atoms with Crippen LogP contribution in [-0.4, -0.2) is 54.4 Å². The molecular formula is C20H19N7O4S. The van der Waals surface area contributed by atoms with Crippen molar-refractivity contribution in [3.8, 4) is 0 Å². The lowest BCUT2D eigenvalue weighted by molar-refractivity contribution is -0.143. The molecule has 2 atom stereocenters. The first-order valence-corrected chi connectivity index (χ1v) is 11.0. The summed E-state index contributed by atoms with van der Waals surface area (Å²) in [5.74, 6) is 0.398. The van der Waals surface area contributed by atoms with Gasteiger partial charge in [0.1, 0.15) is 17.7 Å². The number of nitrogens with two attached hydrogens (primary N) is 1. The van der Waals surface area contributed by atoms with Crippen LogP contribution in [0.3, 0.4) is 0 Å². The molecule has 1 saturated carbocycles. The highest BCUT2D eigenvalue weighted by Gasteiger charge is 2.39. The van der Waals surface area contributed by atoms with Crippen molar-refractivity contribution in [2.75, 3.05) is 23.8 Å². The van der Waals surface area contributed by atoms with Crippen LogP contribution in [0.4, 0.5) is 11.6 Å². The minimum Gasteiger partial charge on any atom is -0.382 e. The predicted molar refractivity (Wildman–Crippen MR) is 118 cm³/mol. The van der Waals surface area contributed by atoms with Gasteiger partial charge in [-0.05, 0) is 36.5 Å². The SMILES string of the molecule is Nc1nsc2c1ccc1nc([C@H](O)[C@H]3OCCN(c4ccn(C5CC5)n4)C3=O)[nH]c(=O)c12. The van der Waals surface area contributed by atoms with Crippen LogP contribution in [0.15, 0.2) is 29.2 Å². The molecule has 0 unspecified atom stereocenters. The number of carbonyl (C=O) groups excluding carboxylic acids is 1. The molecule has 11 nitrogen and oxygen atoms in total. The fourth-order valence-electron chi connectivity index (χ4n) is 4.02. The molecule has 0 bridgehead atoms. The summed E-state index contributed by atoms with van der Waals surface area (Å²) in [7, 11) is 0. The minimum atomic E-state index is -1.45. The Morgan fingerprint density at radius 1 is 1.28 bits per heavy atom. The number of hydrogen-bond acceptors (Lipinski definition) is 9. The Balaban J connectivity index is 1.33. The summed E-state index contributed by atoms with van der Waals surface area (Å²) in [5, 5.41) is 16.4. The Kier molecular flexibility index (Phi) is 4.28. The molecule has 4 heterocycles. The van der Waals surface area contributed by atoms with Crippen molar-refractivity contribution in [2.45, 2.75) is 31.1 Å². The van der Waals surface area contributed by atoms with Gasteiger partial charge in [-0.2, -0.15) is 9.47 Å². The maximum atomic E-state index is 13.1. The topological polar surface area (TPSA) is 152 Å². The summed E-state index contributed by atoms with van der Waals surface area (Å²) in [6.45, 7) is 0.554. The van der Waals surface area contributed by atoms with E-state index in [9.17, 15) is 14.7 Å². The maximum absolute atomic E-state index is 13.1. The number of ether oxygens (including phenoxy) is 1. The molecule has 12 heteroatoms. The molecule has 6 rings (SSSR count). The summed E-state index contributed by atoms with van der Waals surface area (Å²) in [6.07, 6.45) is 1.37. The average Bonchev–Trinajstić information content (AvgIpc) is 3.41. The number of aromatic nitrogens is 5. The normalized spacial score (nSPS) is 20.3. The zero-order valence-corrected chi connectivity index (χ0v) is 17.6. The van der Waals surface area contributed by atoms with Crippen molar-refractivity contribution < 1.29 is 14.6 Å². The van der Waals surface area contributed by atoms with Crippen molar-refractivity contribution in [3.05, 3.63) is 40.6 Å². The van der Waals surface area contributed by atoms with E-state index in [1.807, 2.05) is 10.9 Å². The van der Waals surface area contributed by atoms with E-state index in [0.29, 0.717) is 45.2 Å². The van der Waals surface area contributed by atoms with Crippen LogP contribution < -0.4 is 16.2 Å². The van der Waals surface area contributed by atoms with E-state index in [2.05, 4.69) is 19.4 Å². The fourth-order valence-corrected chi connectivity index (χ4v) is 4.87. The molecule has 4 N–H and O–H groups in total. The molecule has 164 valence electrons. The Bertz CT molecular complexity index is 1420.